The van der Waals surface area contributed by atoms with Crippen LogP contribution >= 0.6 is 0 Å². The van der Waals surface area contributed by atoms with Crippen LogP contribution in [0, 0.1) is 0 Å². The van der Waals surface area contributed by atoms with Gasteiger partial charge in [-0.15, -0.1) is 0 Å². The van der Waals surface area contributed by atoms with Crippen molar-refractivity contribution in [2.45, 2.75) is 46.1 Å². The van der Waals surface area contributed by atoms with Gasteiger partial charge in [0, 0.05) is 13.9 Å². The number of amides is 1. The summed E-state index contributed by atoms with van der Waals surface area (Å²) in [7, 11) is 0. The first-order valence-electron chi connectivity index (χ1n) is 5.33. The molecule has 0 aromatic heterocycles. The number of carbonyl (C=O) groups is 1. The molecule has 3 heteroatoms. The van der Waals surface area contributed by atoms with Gasteiger partial charge < -0.3 is 10.6 Å². The zero-order valence-electron chi connectivity index (χ0n) is 9.02. The molecular weight excluding hydrogens is 164 g/mol. The molecule has 0 unspecified atom stereocenters. The Morgan fingerprint density at radius 2 is 2.00 bits per heavy atom. The molecule has 1 fully saturated rings. The molecule has 0 spiro atoms. The van der Waals surface area contributed by atoms with Gasteiger partial charge >= 0.3 is 0 Å². The molecule has 1 heterocycles. The summed E-state index contributed by atoms with van der Waals surface area (Å²) < 4.78 is 0. The summed E-state index contributed by atoms with van der Waals surface area (Å²) in [5.41, 5.74) is 0. The van der Waals surface area contributed by atoms with Gasteiger partial charge in [0.15, 0.2) is 0 Å². The lowest BCUT2D eigenvalue weighted by Gasteiger charge is -2.23. The van der Waals surface area contributed by atoms with Crippen molar-refractivity contribution >= 4 is 5.91 Å². The van der Waals surface area contributed by atoms with Gasteiger partial charge in [-0.25, -0.2) is 0 Å². The van der Waals surface area contributed by atoms with E-state index in [2.05, 4.69) is 10.6 Å². The van der Waals surface area contributed by atoms with Crippen LogP contribution in [0.1, 0.15) is 41.5 Å². The molecule has 0 bridgehead atoms. The summed E-state index contributed by atoms with van der Waals surface area (Å²) in [6.07, 6.45) is 2.75. The average Bonchev–Trinajstić information content (AvgIpc) is 2.22. The molecule has 1 amide bonds. The SMILES string of the molecule is CC.CCC(=O)NC1CCNCC1.[HH]. The number of nitrogens with one attached hydrogen (secondary N) is 2. The Kier molecular flexibility index (Phi) is 7.69. The van der Waals surface area contributed by atoms with Crippen molar-refractivity contribution in [3.8, 4) is 0 Å². The summed E-state index contributed by atoms with van der Waals surface area (Å²) in [6, 6.07) is 0.420. The molecule has 1 aliphatic heterocycles. The number of carbonyl (C=O) groups excluding carboxylic acids is 1. The first-order valence-corrected chi connectivity index (χ1v) is 5.33. The average molecular weight is 188 g/mol. The third-order valence-electron chi connectivity index (χ3n) is 2.03. The molecular formula is C10H24N2O. The monoisotopic (exact) mass is 188 g/mol. The van der Waals surface area contributed by atoms with Crippen LogP contribution < -0.4 is 10.6 Å². The number of hydrogen-bond donors (Lipinski definition) is 2. The second-order valence-corrected chi connectivity index (χ2v) is 2.95. The number of piperidine rings is 1. The molecule has 2 N–H and O–H groups in total. The van der Waals surface area contributed by atoms with Gasteiger partial charge in [-0.3, -0.25) is 4.79 Å². The standard InChI is InChI=1S/C8H16N2O.C2H6.H2/c1-2-8(11)10-7-3-5-9-6-4-7;1-2;/h7,9H,2-6H2,1H3,(H,10,11);1-2H3;1H. The van der Waals surface area contributed by atoms with Crippen LogP contribution in [0.15, 0.2) is 0 Å². The highest BCUT2D eigenvalue weighted by Crippen LogP contribution is 2.01. The van der Waals surface area contributed by atoms with E-state index in [4.69, 9.17) is 0 Å². The molecule has 1 saturated heterocycles. The van der Waals surface area contributed by atoms with Gasteiger partial charge in [-0.1, -0.05) is 20.8 Å². The molecule has 80 valence electrons. The summed E-state index contributed by atoms with van der Waals surface area (Å²) in [4.78, 5) is 10.9. The molecule has 0 aromatic rings. The van der Waals surface area contributed by atoms with Gasteiger partial charge in [-0.2, -0.15) is 0 Å². The Bertz CT molecular complexity index is 136. The van der Waals surface area contributed by atoms with E-state index in [-0.39, 0.29) is 7.33 Å². The van der Waals surface area contributed by atoms with Gasteiger partial charge in [0.25, 0.3) is 0 Å². The molecule has 0 aromatic carbocycles. The van der Waals surface area contributed by atoms with E-state index in [0.29, 0.717) is 12.5 Å². The van der Waals surface area contributed by atoms with Gasteiger partial charge in [-0.05, 0) is 25.9 Å². The molecule has 0 saturated carbocycles. The predicted molar refractivity (Wildman–Crippen MR) is 57.8 cm³/mol. The minimum Gasteiger partial charge on any atom is -0.353 e. The van der Waals surface area contributed by atoms with E-state index in [9.17, 15) is 4.79 Å². The minimum absolute atomic E-state index is 0. The molecule has 0 radical (unpaired) electrons. The van der Waals surface area contributed by atoms with Crippen molar-refractivity contribution in [2.75, 3.05) is 13.1 Å². The Hall–Kier alpha value is -0.570. The second kappa shape index (κ2) is 8.05. The van der Waals surface area contributed by atoms with Crippen LogP contribution in [0.25, 0.3) is 0 Å². The van der Waals surface area contributed by atoms with Crippen LogP contribution in [0.3, 0.4) is 0 Å². The Morgan fingerprint density at radius 3 is 2.46 bits per heavy atom. The predicted octanol–water partition coefficient (Wildman–Crippen LogP) is 1.54. The third kappa shape index (κ3) is 5.64. The van der Waals surface area contributed by atoms with E-state index in [1.165, 1.54) is 0 Å². The summed E-state index contributed by atoms with van der Waals surface area (Å²) in [5.74, 6) is 0.178. The summed E-state index contributed by atoms with van der Waals surface area (Å²) in [5, 5.41) is 6.24. The second-order valence-electron chi connectivity index (χ2n) is 2.95. The molecule has 1 rings (SSSR count). The number of hydrogen-bond acceptors (Lipinski definition) is 2. The fraction of sp³-hybridized carbons (Fsp3) is 0.900. The molecule has 3 nitrogen and oxygen atoms in total. The van der Waals surface area contributed by atoms with E-state index in [0.717, 1.165) is 25.9 Å². The maximum Gasteiger partial charge on any atom is 0.219 e. The normalized spacial score (nSPS) is 17.2. The first-order chi connectivity index (χ1) is 6.33. The van der Waals surface area contributed by atoms with E-state index >= 15 is 0 Å². The Labute approximate surface area is 82.8 Å². The van der Waals surface area contributed by atoms with Crippen molar-refractivity contribution in [2.24, 2.45) is 0 Å². The quantitative estimate of drug-likeness (QED) is 0.690. The van der Waals surface area contributed by atoms with Crippen molar-refractivity contribution < 1.29 is 6.22 Å². The zero-order valence-corrected chi connectivity index (χ0v) is 9.02. The summed E-state index contributed by atoms with van der Waals surface area (Å²) in [6.45, 7) is 7.96. The maximum absolute atomic E-state index is 10.9. The largest absolute Gasteiger partial charge is 0.353 e. The van der Waals surface area contributed by atoms with Crippen LogP contribution in [-0.4, -0.2) is 25.0 Å². The minimum atomic E-state index is 0. The van der Waals surface area contributed by atoms with E-state index < -0.39 is 0 Å². The smallest absolute Gasteiger partial charge is 0.219 e. The van der Waals surface area contributed by atoms with E-state index in [1.54, 1.807) is 0 Å². The molecule has 13 heavy (non-hydrogen) atoms. The Morgan fingerprint density at radius 1 is 1.46 bits per heavy atom. The summed E-state index contributed by atoms with van der Waals surface area (Å²) >= 11 is 0. The van der Waals surface area contributed by atoms with Crippen LogP contribution in [0.5, 0.6) is 0 Å². The fourth-order valence-electron chi connectivity index (χ4n) is 1.30. The van der Waals surface area contributed by atoms with Crippen molar-refractivity contribution in [3.63, 3.8) is 0 Å². The van der Waals surface area contributed by atoms with Gasteiger partial charge in [0.1, 0.15) is 0 Å². The highest BCUT2D eigenvalue weighted by molar-refractivity contribution is 5.75. The maximum atomic E-state index is 10.9. The zero-order chi connectivity index (χ0) is 10.1. The van der Waals surface area contributed by atoms with E-state index in [1.807, 2.05) is 20.8 Å². The van der Waals surface area contributed by atoms with Crippen molar-refractivity contribution in [1.82, 2.24) is 10.6 Å². The number of rotatable bonds is 2. The molecule has 0 atom stereocenters. The highest BCUT2D eigenvalue weighted by Gasteiger charge is 2.13. The molecule has 0 aliphatic carbocycles. The third-order valence-corrected chi connectivity index (χ3v) is 2.03. The molecule has 1 aliphatic rings. The topological polar surface area (TPSA) is 41.1 Å². The van der Waals surface area contributed by atoms with Crippen LogP contribution in [-0.2, 0) is 4.79 Å². The van der Waals surface area contributed by atoms with Gasteiger partial charge in [0.2, 0.25) is 5.91 Å². The lowest BCUT2D eigenvalue weighted by atomic mass is 10.1. The lowest BCUT2D eigenvalue weighted by molar-refractivity contribution is -0.121. The fourth-order valence-corrected chi connectivity index (χ4v) is 1.30. The first kappa shape index (κ1) is 12.4. The Balaban J connectivity index is 0. The van der Waals surface area contributed by atoms with Crippen LogP contribution in [0.2, 0.25) is 0 Å². The van der Waals surface area contributed by atoms with Crippen molar-refractivity contribution in [1.29, 1.82) is 0 Å². The highest BCUT2D eigenvalue weighted by atomic mass is 16.1. The van der Waals surface area contributed by atoms with Crippen molar-refractivity contribution in [3.05, 3.63) is 0 Å². The van der Waals surface area contributed by atoms with Crippen LogP contribution in [0.4, 0.5) is 0 Å². The van der Waals surface area contributed by atoms with Gasteiger partial charge in [0.05, 0.1) is 0 Å². The lowest BCUT2D eigenvalue weighted by Crippen LogP contribution is -2.42.